The number of aromatic nitrogens is 1. The molecular weight excluding hydrogens is 473 g/mol. The van der Waals surface area contributed by atoms with Crippen LogP contribution in [0.5, 0.6) is 0 Å². The number of amides is 1. The molecule has 2 aromatic carbocycles. The zero-order valence-electron chi connectivity index (χ0n) is 18.2. The zero-order chi connectivity index (χ0) is 22.6. The SMILES string of the molecule is CCN(CC)CCN(C(=O)CS(=O)(=O)c1ccc(F)cc1)c1nc2ccc(C)cc2s1.Cl. The van der Waals surface area contributed by atoms with E-state index in [2.05, 4.69) is 9.88 Å². The summed E-state index contributed by atoms with van der Waals surface area (Å²) >= 11 is 1.37. The molecule has 0 bridgehead atoms. The van der Waals surface area contributed by atoms with E-state index >= 15 is 0 Å². The minimum Gasteiger partial charge on any atom is -0.302 e. The molecule has 6 nitrogen and oxygen atoms in total. The van der Waals surface area contributed by atoms with Gasteiger partial charge in [-0.05, 0) is 62.0 Å². The number of thiazole rings is 1. The number of aryl methyl sites for hydroxylation is 1. The van der Waals surface area contributed by atoms with Crippen LogP contribution in [0, 0.1) is 12.7 Å². The number of halogens is 2. The average molecular weight is 500 g/mol. The Hall–Kier alpha value is -2.07. The Morgan fingerprint density at radius 2 is 1.72 bits per heavy atom. The lowest BCUT2D eigenvalue weighted by Crippen LogP contribution is -2.41. The molecule has 10 heteroatoms. The van der Waals surface area contributed by atoms with Crippen LogP contribution in [0.4, 0.5) is 9.52 Å². The summed E-state index contributed by atoms with van der Waals surface area (Å²) in [7, 11) is -3.91. The van der Waals surface area contributed by atoms with Crippen LogP contribution >= 0.6 is 23.7 Å². The van der Waals surface area contributed by atoms with Crippen molar-refractivity contribution in [3.63, 3.8) is 0 Å². The Labute approximate surface area is 198 Å². The van der Waals surface area contributed by atoms with Crippen LogP contribution in [0.3, 0.4) is 0 Å². The lowest BCUT2D eigenvalue weighted by atomic mass is 10.2. The van der Waals surface area contributed by atoms with E-state index in [0.717, 1.165) is 41.0 Å². The number of rotatable bonds is 9. The number of anilines is 1. The molecule has 0 atom stereocenters. The van der Waals surface area contributed by atoms with Crippen molar-refractivity contribution in [2.75, 3.05) is 36.8 Å². The molecule has 0 fully saturated rings. The fourth-order valence-electron chi connectivity index (χ4n) is 3.21. The number of likely N-dealkylation sites (N-methyl/N-ethyl adjacent to an activating group) is 1. The number of carbonyl (C=O) groups excluding carboxylic acids is 1. The summed E-state index contributed by atoms with van der Waals surface area (Å²) in [6.07, 6.45) is 0. The second kappa shape index (κ2) is 11.2. The third kappa shape index (κ3) is 6.25. The first kappa shape index (κ1) is 26.2. The van der Waals surface area contributed by atoms with Gasteiger partial charge in [0.15, 0.2) is 15.0 Å². The second-order valence-electron chi connectivity index (χ2n) is 7.25. The summed E-state index contributed by atoms with van der Waals surface area (Å²) in [6.45, 7) is 8.64. The van der Waals surface area contributed by atoms with E-state index in [1.165, 1.54) is 28.4 Å². The topological polar surface area (TPSA) is 70.6 Å². The van der Waals surface area contributed by atoms with Gasteiger partial charge in [0.25, 0.3) is 0 Å². The van der Waals surface area contributed by atoms with Crippen LogP contribution in [0.2, 0.25) is 0 Å². The van der Waals surface area contributed by atoms with E-state index in [-0.39, 0.29) is 17.3 Å². The van der Waals surface area contributed by atoms with Crippen LogP contribution in [0.1, 0.15) is 19.4 Å². The molecule has 1 aromatic heterocycles. The van der Waals surface area contributed by atoms with Gasteiger partial charge in [0.05, 0.1) is 15.1 Å². The quantitative estimate of drug-likeness (QED) is 0.410. The summed E-state index contributed by atoms with van der Waals surface area (Å²) in [6, 6.07) is 10.4. The Kier molecular flexibility index (Phi) is 9.15. The van der Waals surface area contributed by atoms with E-state index in [9.17, 15) is 17.6 Å². The Morgan fingerprint density at radius 3 is 2.34 bits per heavy atom. The maximum absolute atomic E-state index is 13.2. The van der Waals surface area contributed by atoms with Gasteiger partial charge in [-0.3, -0.25) is 9.69 Å². The van der Waals surface area contributed by atoms with E-state index in [0.29, 0.717) is 18.2 Å². The molecule has 0 radical (unpaired) electrons. The molecule has 1 amide bonds. The van der Waals surface area contributed by atoms with E-state index < -0.39 is 27.3 Å². The van der Waals surface area contributed by atoms with E-state index in [1.807, 2.05) is 39.0 Å². The molecule has 0 unspecified atom stereocenters. The minimum absolute atomic E-state index is 0. The van der Waals surface area contributed by atoms with Crippen LogP contribution in [-0.4, -0.2) is 56.1 Å². The molecule has 32 heavy (non-hydrogen) atoms. The lowest BCUT2D eigenvalue weighted by Gasteiger charge is -2.24. The van der Waals surface area contributed by atoms with Crippen molar-refractivity contribution in [3.8, 4) is 0 Å². The summed E-state index contributed by atoms with van der Waals surface area (Å²) in [5, 5.41) is 0.479. The summed E-state index contributed by atoms with van der Waals surface area (Å²) < 4.78 is 39.6. The molecule has 0 N–H and O–H groups in total. The molecule has 174 valence electrons. The Bertz CT molecular complexity index is 1160. The number of benzene rings is 2. The standard InChI is InChI=1S/C22H26FN3O3S2.ClH/c1-4-25(5-2)12-13-26(22-24-19-11-6-16(3)14-20(19)30-22)21(27)15-31(28,29)18-9-7-17(23)8-10-18;/h6-11,14H,4-5,12-13,15H2,1-3H3;1H. The third-order valence-corrected chi connectivity index (χ3v) is 7.74. The van der Waals surface area contributed by atoms with Crippen molar-refractivity contribution in [2.24, 2.45) is 0 Å². The van der Waals surface area contributed by atoms with Crippen molar-refractivity contribution < 1.29 is 17.6 Å². The number of fused-ring (bicyclic) bond motifs is 1. The molecule has 1 heterocycles. The van der Waals surface area contributed by atoms with Gasteiger partial charge in [0, 0.05) is 13.1 Å². The maximum atomic E-state index is 13.2. The third-order valence-electron chi connectivity index (χ3n) is 5.09. The smallest absolute Gasteiger partial charge is 0.244 e. The van der Waals surface area contributed by atoms with Crippen LogP contribution < -0.4 is 4.90 Å². The van der Waals surface area contributed by atoms with Crippen molar-refractivity contribution in [1.82, 2.24) is 9.88 Å². The van der Waals surface area contributed by atoms with Crippen molar-refractivity contribution in [3.05, 3.63) is 53.8 Å². The predicted molar refractivity (Wildman–Crippen MR) is 130 cm³/mol. The highest BCUT2D eigenvalue weighted by molar-refractivity contribution is 7.92. The number of nitrogens with zero attached hydrogens (tertiary/aromatic N) is 3. The highest BCUT2D eigenvalue weighted by atomic mass is 35.5. The Morgan fingerprint density at radius 1 is 1.06 bits per heavy atom. The lowest BCUT2D eigenvalue weighted by molar-refractivity contribution is -0.116. The van der Waals surface area contributed by atoms with Gasteiger partial charge in [0.1, 0.15) is 11.6 Å². The van der Waals surface area contributed by atoms with E-state index in [4.69, 9.17) is 0 Å². The van der Waals surface area contributed by atoms with Gasteiger partial charge < -0.3 is 4.90 Å². The monoisotopic (exact) mass is 499 g/mol. The summed E-state index contributed by atoms with van der Waals surface area (Å²) in [4.78, 5) is 21.3. The van der Waals surface area contributed by atoms with Gasteiger partial charge in [-0.15, -0.1) is 12.4 Å². The number of hydrogen-bond acceptors (Lipinski definition) is 6. The number of sulfone groups is 1. The van der Waals surface area contributed by atoms with Crippen molar-refractivity contribution >= 4 is 54.8 Å². The number of hydrogen-bond donors (Lipinski definition) is 0. The molecule has 0 saturated carbocycles. The fraction of sp³-hybridized carbons (Fsp3) is 0.364. The average Bonchev–Trinajstić information content (AvgIpc) is 3.13. The molecule has 0 aliphatic carbocycles. The first-order valence-corrected chi connectivity index (χ1v) is 12.6. The summed E-state index contributed by atoms with van der Waals surface area (Å²) in [5.41, 5.74) is 1.86. The largest absolute Gasteiger partial charge is 0.302 e. The van der Waals surface area contributed by atoms with Gasteiger partial charge in [-0.2, -0.15) is 0 Å². The van der Waals surface area contributed by atoms with Crippen molar-refractivity contribution in [1.29, 1.82) is 0 Å². The fourth-order valence-corrected chi connectivity index (χ4v) is 5.51. The van der Waals surface area contributed by atoms with Gasteiger partial charge in [-0.25, -0.2) is 17.8 Å². The molecule has 3 aromatic rings. The van der Waals surface area contributed by atoms with E-state index in [1.54, 1.807) is 0 Å². The van der Waals surface area contributed by atoms with Crippen LogP contribution in [0.15, 0.2) is 47.4 Å². The minimum atomic E-state index is -3.91. The molecule has 0 aliphatic heterocycles. The maximum Gasteiger partial charge on any atom is 0.244 e. The molecule has 0 saturated heterocycles. The molecular formula is C22H27ClFN3O3S2. The van der Waals surface area contributed by atoms with Crippen LogP contribution in [-0.2, 0) is 14.6 Å². The Balaban J connectivity index is 0.00000363. The zero-order valence-corrected chi connectivity index (χ0v) is 20.7. The summed E-state index contributed by atoms with van der Waals surface area (Å²) in [5.74, 6) is -1.78. The first-order valence-electron chi connectivity index (χ1n) is 10.1. The van der Waals surface area contributed by atoms with Gasteiger partial charge in [0.2, 0.25) is 5.91 Å². The van der Waals surface area contributed by atoms with Crippen LogP contribution in [0.25, 0.3) is 10.2 Å². The molecule has 0 aliphatic rings. The molecule has 3 rings (SSSR count). The van der Waals surface area contributed by atoms with Crippen molar-refractivity contribution in [2.45, 2.75) is 25.7 Å². The highest BCUT2D eigenvalue weighted by Crippen LogP contribution is 2.30. The first-order chi connectivity index (χ1) is 14.7. The van der Waals surface area contributed by atoms with Gasteiger partial charge in [-0.1, -0.05) is 31.3 Å². The van der Waals surface area contributed by atoms with Gasteiger partial charge >= 0.3 is 0 Å². The highest BCUT2D eigenvalue weighted by Gasteiger charge is 2.27. The number of carbonyl (C=O) groups is 1. The normalized spacial score (nSPS) is 11.5. The molecule has 0 spiro atoms. The second-order valence-corrected chi connectivity index (χ2v) is 10.3. The predicted octanol–water partition coefficient (Wildman–Crippen LogP) is 4.31.